The van der Waals surface area contributed by atoms with Crippen LogP contribution in [0.15, 0.2) is 29.4 Å². The maximum Gasteiger partial charge on any atom is 0.184 e. The Bertz CT molecular complexity index is 338. The minimum Gasteiger partial charge on any atom is -0.375 e. The van der Waals surface area contributed by atoms with E-state index >= 15 is 0 Å². The first-order chi connectivity index (χ1) is 6.20. The summed E-state index contributed by atoms with van der Waals surface area (Å²) in [6, 6.07) is 7.34. The zero-order valence-electron chi connectivity index (χ0n) is 6.70. The van der Waals surface area contributed by atoms with E-state index in [4.69, 9.17) is 17.3 Å². The van der Waals surface area contributed by atoms with Gasteiger partial charge in [-0.2, -0.15) is 5.10 Å². The van der Waals surface area contributed by atoms with Gasteiger partial charge >= 0.3 is 0 Å². The van der Waals surface area contributed by atoms with Gasteiger partial charge in [0.25, 0.3) is 0 Å². The van der Waals surface area contributed by atoms with E-state index < -0.39 is 0 Å². The maximum atomic E-state index is 5.86. The molecule has 0 bridgehead atoms. The number of nitrogens with two attached hydrogens (primary N) is 1. The average Bonchev–Trinajstić information content (AvgIpc) is 2.08. The van der Waals surface area contributed by atoms with E-state index in [1.54, 1.807) is 12.3 Å². The number of rotatable bonds is 2. The lowest BCUT2D eigenvalue weighted by Crippen LogP contribution is -2.23. The Labute approximate surface area is 86.6 Å². The Morgan fingerprint density at radius 2 is 2.23 bits per heavy atom. The fourth-order valence-corrected chi connectivity index (χ4v) is 0.982. The topological polar surface area (TPSA) is 50.4 Å². The molecule has 0 amide bonds. The van der Waals surface area contributed by atoms with Gasteiger partial charge in [0, 0.05) is 10.6 Å². The number of nitrogens with one attached hydrogen (secondary N) is 1. The van der Waals surface area contributed by atoms with Crippen LogP contribution >= 0.6 is 23.8 Å². The second-order valence-electron chi connectivity index (χ2n) is 2.26. The van der Waals surface area contributed by atoms with Crippen molar-refractivity contribution in [2.75, 3.05) is 0 Å². The Morgan fingerprint density at radius 3 is 2.85 bits per heavy atom. The first-order valence-electron chi connectivity index (χ1n) is 3.53. The van der Waals surface area contributed by atoms with E-state index in [-0.39, 0.29) is 5.11 Å². The average molecular weight is 214 g/mol. The lowest BCUT2D eigenvalue weighted by atomic mass is 10.2. The fourth-order valence-electron chi connectivity index (χ4n) is 0.745. The van der Waals surface area contributed by atoms with Gasteiger partial charge in [-0.15, -0.1) is 0 Å². The van der Waals surface area contributed by atoms with Gasteiger partial charge < -0.3 is 5.73 Å². The predicted octanol–water partition coefficient (Wildman–Crippen LogP) is 1.51. The molecule has 0 aliphatic heterocycles. The van der Waals surface area contributed by atoms with Crippen LogP contribution in [0.3, 0.4) is 0 Å². The van der Waals surface area contributed by atoms with Crippen LogP contribution in [0.4, 0.5) is 0 Å². The van der Waals surface area contributed by atoms with Crippen LogP contribution in [0.1, 0.15) is 5.56 Å². The summed E-state index contributed by atoms with van der Waals surface area (Å²) in [4.78, 5) is 0. The Hall–Kier alpha value is -1.13. The molecule has 0 saturated carbocycles. The molecule has 0 aliphatic carbocycles. The van der Waals surface area contributed by atoms with Crippen LogP contribution in [0.5, 0.6) is 0 Å². The Kier molecular flexibility index (Phi) is 3.67. The van der Waals surface area contributed by atoms with Crippen molar-refractivity contribution in [2.45, 2.75) is 0 Å². The molecule has 3 N–H and O–H groups in total. The van der Waals surface area contributed by atoms with E-state index in [0.717, 1.165) is 5.56 Å². The third kappa shape index (κ3) is 3.40. The van der Waals surface area contributed by atoms with Gasteiger partial charge in [0.15, 0.2) is 5.11 Å². The van der Waals surface area contributed by atoms with Crippen LogP contribution < -0.4 is 11.2 Å². The molecule has 68 valence electrons. The van der Waals surface area contributed by atoms with Gasteiger partial charge in [0.2, 0.25) is 0 Å². The largest absolute Gasteiger partial charge is 0.375 e. The monoisotopic (exact) mass is 213 g/mol. The van der Waals surface area contributed by atoms with Crippen molar-refractivity contribution >= 4 is 35.1 Å². The Balaban J connectivity index is 2.68. The molecule has 0 unspecified atom stereocenters. The summed E-state index contributed by atoms with van der Waals surface area (Å²) in [6.07, 6.45) is 1.56. The highest BCUT2D eigenvalue weighted by Crippen LogP contribution is 2.11. The first kappa shape index (κ1) is 9.95. The second kappa shape index (κ2) is 4.79. The molecule has 0 heterocycles. The van der Waals surface area contributed by atoms with Crippen LogP contribution in [-0.4, -0.2) is 11.3 Å². The van der Waals surface area contributed by atoms with Gasteiger partial charge in [-0.25, -0.2) is 0 Å². The number of halogens is 1. The molecule has 13 heavy (non-hydrogen) atoms. The molecule has 1 aromatic rings. The van der Waals surface area contributed by atoms with Crippen molar-refractivity contribution in [3.8, 4) is 0 Å². The smallest absolute Gasteiger partial charge is 0.184 e. The number of benzene rings is 1. The van der Waals surface area contributed by atoms with Gasteiger partial charge in [0.1, 0.15) is 0 Å². The minimum atomic E-state index is 0.128. The van der Waals surface area contributed by atoms with Crippen molar-refractivity contribution in [1.82, 2.24) is 5.43 Å². The van der Waals surface area contributed by atoms with Gasteiger partial charge in [0.05, 0.1) is 6.21 Å². The first-order valence-corrected chi connectivity index (χ1v) is 4.32. The number of hydrogen-bond donors (Lipinski definition) is 2. The van der Waals surface area contributed by atoms with Crippen molar-refractivity contribution < 1.29 is 0 Å². The lowest BCUT2D eigenvalue weighted by Gasteiger charge is -1.96. The molecule has 0 atom stereocenters. The standard InChI is InChI=1S/C8H8ClN3S/c9-7-4-2-1-3-6(7)5-11-12-8(10)13/h1-5H,(H3,10,12,13). The summed E-state index contributed by atoms with van der Waals surface area (Å²) < 4.78 is 0. The maximum absolute atomic E-state index is 5.86. The van der Waals surface area contributed by atoms with Crippen LogP contribution in [0.25, 0.3) is 0 Å². The summed E-state index contributed by atoms with van der Waals surface area (Å²) in [5.74, 6) is 0. The Morgan fingerprint density at radius 1 is 1.54 bits per heavy atom. The normalized spacial score (nSPS) is 10.2. The lowest BCUT2D eigenvalue weighted by molar-refractivity contribution is 1.04. The van der Waals surface area contributed by atoms with Gasteiger partial charge in [-0.1, -0.05) is 29.8 Å². The van der Waals surface area contributed by atoms with Crippen molar-refractivity contribution in [1.29, 1.82) is 0 Å². The third-order valence-electron chi connectivity index (χ3n) is 1.28. The molecule has 3 nitrogen and oxygen atoms in total. The second-order valence-corrected chi connectivity index (χ2v) is 3.10. The molecular formula is C8H8ClN3S. The zero-order valence-corrected chi connectivity index (χ0v) is 8.27. The van der Waals surface area contributed by atoms with E-state index in [9.17, 15) is 0 Å². The number of nitrogens with zero attached hydrogens (tertiary/aromatic N) is 1. The summed E-state index contributed by atoms with van der Waals surface area (Å²) in [6.45, 7) is 0. The SMILES string of the molecule is NC(=S)NN=Cc1ccccc1Cl. The summed E-state index contributed by atoms with van der Waals surface area (Å²) >= 11 is 10.4. The van der Waals surface area contributed by atoms with E-state index in [1.165, 1.54) is 0 Å². The quantitative estimate of drug-likeness (QED) is 0.445. The highest BCUT2D eigenvalue weighted by Gasteiger charge is 1.93. The van der Waals surface area contributed by atoms with Crippen molar-refractivity contribution in [3.63, 3.8) is 0 Å². The van der Waals surface area contributed by atoms with E-state index in [0.29, 0.717) is 5.02 Å². The molecular weight excluding hydrogens is 206 g/mol. The molecule has 1 rings (SSSR count). The summed E-state index contributed by atoms with van der Waals surface area (Å²) in [5, 5.41) is 4.54. The molecule has 0 spiro atoms. The van der Waals surface area contributed by atoms with Gasteiger partial charge in [-0.05, 0) is 18.3 Å². The highest BCUT2D eigenvalue weighted by molar-refractivity contribution is 7.80. The molecule has 1 aromatic carbocycles. The van der Waals surface area contributed by atoms with Crippen molar-refractivity contribution in [3.05, 3.63) is 34.9 Å². The fraction of sp³-hybridized carbons (Fsp3) is 0. The summed E-state index contributed by atoms with van der Waals surface area (Å²) in [7, 11) is 0. The number of hydrogen-bond acceptors (Lipinski definition) is 2. The molecule has 0 fully saturated rings. The molecule has 0 aliphatic rings. The van der Waals surface area contributed by atoms with Crippen LogP contribution in [0, 0.1) is 0 Å². The summed E-state index contributed by atoms with van der Waals surface area (Å²) in [5.41, 5.74) is 8.42. The zero-order chi connectivity index (χ0) is 9.68. The molecule has 5 heteroatoms. The molecule has 0 radical (unpaired) electrons. The van der Waals surface area contributed by atoms with Crippen LogP contribution in [0.2, 0.25) is 5.02 Å². The van der Waals surface area contributed by atoms with Crippen LogP contribution in [-0.2, 0) is 0 Å². The predicted molar refractivity (Wildman–Crippen MR) is 59.0 cm³/mol. The third-order valence-corrected chi connectivity index (χ3v) is 1.72. The molecule has 0 saturated heterocycles. The van der Waals surface area contributed by atoms with Crippen molar-refractivity contribution in [2.24, 2.45) is 10.8 Å². The minimum absolute atomic E-state index is 0.128. The van der Waals surface area contributed by atoms with Gasteiger partial charge in [-0.3, -0.25) is 5.43 Å². The van der Waals surface area contributed by atoms with E-state index in [2.05, 4.69) is 22.7 Å². The van der Waals surface area contributed by atoms with E-state index in [1.807, 2.05) is 18.2 Å². The number of hydrazone groups is 1. The highest BCUT2D eigenvalue weighted by atomic mass is 35.5. The number of thiocarbonyl (C=S) groups is 1. The molecule has 0 aromatic heterocycles.